The lowest BCUT2D eigenvalue weighted by Gasteiger charge is -2.27. The van der Waals surface area contributed by atoms with Crippen LogP contribution in [0.3, 0.4) is 0 Å². The van der Waals surface area contributed by atoms with Gasteiger partial charge in [0.05, 0.1) is 14.7 Å². The Hall–Kier alpha value is -0.320. The maximum Gasteiger partial charge on any atom is 0.0796 e. The minimum absolute atomic E-state index is 0.0804. The van der Waals surface area contributed by atoms with Crippen LogP contribution in [0.25, 0.3) is 0 Å². The van der Waals surface area contributed by atoms with Gasteiger partial charge in [-0.3, -0.25) is 0 Å². The first-order chi connectivity index (χ1) is 8.29. The molecule has 18 heavy (non-hydrogen) atoms. The minimum Gasteiger partial charge on any atom is -0.382 e. The van der Waals surface area contributed by atoms with E-state index < -0.39 is 0 Å². The van der Waals surface area contributed by atoms with Crippen molar-refractivity contribution in [3.63, 3.8) is 0 Å². The first kappa shape index (κ1) is 15.7. The standard InChI is InChI=1S/C14H24N2S2/c1-6-8-16(5)9-7-15-11-10(14(2,3)4)12(17)13(11)18/h15H,6-9H2,1-5H3. The van der Waals surface area contributed by atoms with E-state index in [1.807, 2.05) is 0 Å². The first-order valence-electron chi connectivity index (χ1n) is 6.55. The zero-order valence-electron chi connectivity index (χ0n) is 12.1. The number of hydrogen-bond acceptors (Lipinski definition) is 4. The maximum atomic E-state index is 5.35. The third kappa shape index (κ3) is 3.59. The van der Waals surface area contributed by atoms with Crippen LogP contribution in [0.2, 0.25) is 0 Å². The van der Waals surface area contributed by atoms with Gasteiger partial charge in [-0.05, 0) is 25.4 Å². The molecule has 0 aliphatic rings. The summed E-state index contributed by atoms with van der Waals surface area (Å²) in [5, 5.41) is 3.45. The molecule has 2 nitrogen and oxygen atoms in total. The van der Waals surface area contributed by atoms with E-state index in [1.54, 1.807) is 0 Å². The zero-order chi connectivity index (χ0) is 13.9. The fourth-order valence-electron chi connectivity index (χ4n) is 2.14. The van der Waals surface area contributed by atoms with Crippen LogP contribution in [-0.2, 0) is 5.41 Å². The number of nitrogens with zero attached hydrogens (tertiary/aromatic N) is 1. The summed E-state index contributed by atoms with van der Waals surface area (Å²) in [5.41, 5.74) is 2.41. The molecular weight excluding hydrogens is 260 g/mol. The normalized spacial score (nSPS) is 12.3. The molecule has 1 rings (SSSR count). The quantitative estimate of drug-likeness (QED) is 0.792. The molecule has 0 heterocycles. The molecule has 1 aromatic carbocycles. The lowest BCUT2D eigenvalue weighted by molar-refractivity contribution is 0.347. The van der Waals surface area contributed by atoms with Gasteiger partial charge >= 0.3 is 0 Å². The Morgan fingerprint density at radius 2 is 1.72 bits per heavy atom. The van der Waals surface area contributed by atoms with Crippen molar-refractivity contribution in [2.75, 3.05) is 32.0 Å². The second kappa shape index (κ2) is 6.22. The van der Waals surface area contributed by atoms with Crippen LogP contribution in [0.15, 0.2) is 0 Å². The van der Waals surface area contributed by atoms with Gasteiger partial charge in [0.1, 0.15) is 0 Å². The molecule has 4 heteroatoms. The van der Waals surface area contributed by atoms with E-state index in [9.17, 15) is 0 Å². The molecule has 0 amide bonds. The topological polar surface area (TPSA) is 15.3 Å². The summed E-state index contributed by atoms with van der Waals surface area (Å²) in [5.74, 6) is 0. The smallest absolute Gasteiger partial charge is 0.0796 e. The lowest BCUT2D eigenvalue weighted by Crippen LogP contribution is -2.27. The predicted molar refractivity (Wildman–Crippen MR) is 85.5 cm³/mol. The maximum absolute atomic E-state index is 5.35. The third-order valence-electron chi connectivity index (χ3n) is 3.06. The molecule has 102 valence electrons. The SMILES string of the molecule is CCCN(C)CCNc1c(C(C)(C)C)c(=S)c1=S. The monoisotopic (exact) mass is 284 g/mol. The molecule has 0 aromatic heterocycles. The number of hydrogen-bond donors (Lipinski definition) is 1. The molecular formula is C14H24N2S2. The average molecular weight is 284 g/mol. The van der Waals surface area contributed by atoms with Crippen LogP contribution in [0.1, 0.15) is 39.7 Å². The van der Waals surface area contributed by atoms with Crippen LogP contribution in [0.5, 0.6) is 0 Å². The lowest BCUT2D eigenvalue weighted by atomic mass is 9.83. The van der Waals surface area contributed by atoms with E-state index in [0.717, 1.165) is 34.3 Å². The molecule has 0 bridgehead atoms. The summed E-state index contributed by atoms with van der Waals surface area (Å²) >= 11 is 10.7. The molecule has 0 atom stereocenters. The minimum atomic E-state index is 0.0804. The van der Waals surface area contributed by atoms with Crippen molar-refractivity contribution in [1.29, 1.82) is 0 Å². The Labute approximate surface area is 121 Å². The van der Waals surface area contributed by atoms with Crippen molar-refractivity contribution >= 4 is 30.1 Å². The van der Waals surface area contributed by atoms with Gasteiger partial charge in [0.25, 0.3) is 0 Å². The summed E-state index contributed by atoms with van der Waals surface area (Å²) in [6.45, 7) is 11.8. The second-order valence-electron chi connectivity index (χ2n) is 5.89. The number of nitrogens with one attached hydrogen (secondary N) is 1. The highest BCUT2D eigenvalue weighted by Gasteiger charge is 2.25. The highest BCUT2D eigenvalue weighted by atomic mass is 32.1. The van der Waals surface area contributed by atoms with Crippen molar-refractivity contribution in [1.82, 2.24) is 4.90 Å². The molecule has 0 fully saturated rings. The predicted octanol–water partition coefficient (Wildman–Crippen LogP) is 4.07. The van der Waals surface area contributed by atoms with E-state index in [0.29, 0.717) is 0 Å². The van der Waals surface area contributed by atoms with Crippen molar-refractivity contribution < 1.29 is 0 Å². The third-order valence-corrected chi connectivity index (χ3v) is 4.01. The summed E-state index contributed by atoms with van der Waals surface area (Å²) in [6, 6.07) is 0. The number of rotatable bonds is 6. The van der Waals surface area contributed by atoms with Crippen LogP contribution >= 0.6 is 24.4 Å². The Morgan fingerprint density at radius 1 is 1.11 bits per heavy atom. The van der Waals surface area contributed by atoms with Crippen LogP contribution in [0, 0.1) is 9.02 Å². The van der Waals surface area contributed by atoms with Gasteiger partial charge in [-0.1, -0.05) is 52.1 Å². The average Bonchev–Trinajstić information content (AvgIpc) is 2.25. The molecule has 0 spiro atoms. The molecule has 1 N–H and O–H groups in total. The van der Waals surface area contributed by atoms with Gasteiger partial charge in [0.2, 0.25) is 0 Å². The van der Waals surface area contributed by atoms with Gasteiger partial charge in [0.15, 0.2) is 0 Å². The van der Waals surface area contributed by atoms with E-state index in [-0.39, 0.29) is 5.41 Å². The van der Waals surface area contributed by atoms with Gasteiger partial charge in [-0.2, -0.15) is 0 Å². The summed E-state index contributed by atoms with van der Waals surface area (Å²) in [6.07, 6.45) is 1.19. The van der Waals surface area contributed by atoms with E-state index in [1.165, 1.54) is 12.0 Å². The number of anilines is 1. The molecule has 0 aliphatic carbocycles. The van der Waals surface area contributed by atoms with E-state index in [4.69, 9.17) is 24.4 Å². The molecule has 0 aliphatic heterocycles. The van der Waals surface area contributed by atoms with Crippen molar-refractivity contribution in [3.8, 4) is 0 Å². The van der Waals surface area contributed by atoms with Crippen molar-refractivity contribution in [3.05, 3.63) is 14.6 Å². The largest absolute Gasteiger partial charge is 0.382 e. The highest BCUT2D eigenvalue weighted by molar-refractivity contribution is 7.74. The van der Waals surface area contributed by atoms with Crippen molar-refractivity contribution in [2.45, 2.75) is 39.5 Å². The summed E-state index contributed by atoms with van der Waals surface area (Å²) in [4.78, 5) is 2.32. The van der Waals surface area contributed by atoms with Crippen molar-refractivity contribution in [2.24, 2.45) is 0 Å². The van der Waals surface area contributed by atoms with E-state index >= 15 is 0 Å². The fourth-order valence-corrected chi connectivity index (χ4v) is 2.93. The Morgan fingerprint density at radius 3 is 2.22 bits per heavy atom. The molecule has 1 aromatic rings. The summed E-state index contributed by atoms with van der Waals surface area (Å²) < 4.78 is 1.72. The van der Waals surface area contributed by atoms with Gasteiger partial charge in [-0.25, -0.2) is 0 Å². The van der Waals surface area contributed by atoms with Gasteiger partial charge < -0.3 is 10.2 Å². The molecule has 0 saturated carbocycles. The van der Waals surface area contributed by atoms with Gasteiger partial charge in [0, 0.05) is 18.7 Å². The Balaban J connectivity index is 2.62. The Bertz CT molecular complexity index is 465. The molecule has 0 radical (unpaired) electrons. The molecule has 0 unspecified atom stereocenters. The number of likely N-dealkylation sites (N-methyl/N-ethyl adjacent to an activating group) is 1. The van der Waals surface area contributed by atoms with Gasteiger partial charge in [-0.15, -0.1) is 0 Å². The Kier molecular flexibility index (Phi) is 5.44. The fraction of sp³-hybridized carbons (Fsp3) is 0.714. The van der Waals surface area contributed by atoms with Crippen LogP contribution < -0.4 is 5.32 Å². The van der Waals surface area contributed by atoms with Crippen LogP contribution in [-0.4, -0.2) is 31.6 Å². The summed E-state index contributed by atoms with van der Waals surface area (Å²) in [7, 11) is 2.15. The zero-order valence-corrected chi connectivity index (χ0v) is 13.7. The highest BCUT2D eigenvalue weighted by Crippen LogP contribution is 2.36. The van der Waals surface area contributed by atoms with E-state index in [2.05, 4.69) is 45.0 Å². The molecule has 0 saturated heterocycles. The second-order valence-corrected chi connectivity index (χ2v) is 6.70. The first-order valence-corrected chi connectivity index (χ1v) is 7.37. The van der Waals surface area contributed by atoms with Crippen LogP contribution in [0.4, 0.5) is 5.69 Å².